The molecule has 0 saturated heterocycles. The summed E-state index contributed by atoms with van der Waals surface area (Å²) in [5.74, 6) is -0.623. The van der Waals surface area contributed by atoms with Crippen LogP contribution in [-0.4, -0.2) is 15.9 Å². The number of fused-ring (bicyclic) bond motifs is 1. The van der Waals surface area contributed by atoms with Gasteiger partial charge in [-0.1, -0.05) is 37.3 Å². The summed E-state index contributed by atoms with van der Waals surface area (Å²) in [6.45, 7) is 1.91. The maximum absolute atomic E-state index is 13.6. The van der Waals surface area contributed by atoms with Crippen molar-refractivity contribution in [3.63, 3.8) is 0 Å². The molecule has 6 heteroatoms. The highest BCUT2D eigenvalue weighted by Gasteiger charge is 2.19. The summed E-state index contributed by atoms with van der Waals surface area (Å²) in [4.78, 5) is 31.8. The van der Waals surface area contributed by atoms with E-state index in [1.54, 1.807) is 30.5 Å². The Morgan fingerprint density at radius 2 is 1.79 bits per heavy atom. The fourth-order valence-electron chi connectivity index (χ4n) is 4.23. The summed E-state index contributed by atoms with van der Waals surface area (Å²) in [7, 11) is 0. The third kappa shape index (κ3) is 3.90. The number of aromatic nitrogens is 2. The van der Waals surface area contributed by atoms with E-state index in [2.05, 4.69) is 15.3 Å². The van der Waals surface area contributed by atoms with Gasteiger partial charge in [0.05, 0.1) is 11.3 Å². The van der Waals surface area contributed by atoms with Crippen molar-refractivity contribution in [2.24, 2.45) is 0 Å². The predicted molar refractivity (Wildman–Crippen MR) is 134 cm³/mol. The molecule has 0 saturated carbocycles. The van der Waals surface area contributed by atoms with Gasteiger partial charge in [0.15, 0.2) is 0 Å². The molecule has 168 valence electrons. The van der Waals surface area contributed by atoms with Crippen molar-refractivity contribution in [1.29, 1.82) is 0 Å². The normalized spacial score (nSPS) is 11.0. The molecule has 5 aromatic rings. The lowest BCUT2D eigenvalue weighted by Crippen LogP contribution is -2.13. The van der Waals surface area contributed by atoms with Crippen LogP contribution in [0.3, 0.4) is 0 Å². The van der Waals surface area contributed by atoms with E-state index in [1.165, 1.54) is 12.1 Å². The molecule has 3 N–H and O–H groups in total. The molecule has 2 heterocycles. The number of anilines is 1. The minimum absolute atomic E-state index is 0.201. The summed E-state index contributed by atoms with van der Waals surface area (Å²) in [5, 5.41) is 3.73. The SMILES string of the molecule is CCc1cc(F)ccc1NC(=O)c1ccc2[nH]c(-c3ccc[nH]c3=O)c(-c3ccccc3)c2c1. The first-order chi connectivity index (χ1) is 16.5. The number of carbonyl (C=O) groups is 1. The fraction of sp³-hybridized carbons (Fsp3) is 0.0714. The Balaban J connectivity index is 1.64. The van der Waals surface area contributed by atoms with Crippen molar-refractivity contribution in [1.82, 2.24) is 9.97 Å². The smallest absolute Gasteiger partial charge is 0.257 e. The average Bonchev–Trinajstić information content (AvgIpc) is 3.24. The summed E-state index contributed by atoms with van der Waals surface area (Å²) < 4.78 is 13.6. The highest BCUT2D eigenvalue weighted by Crippen LogP contribution is 2.37. The van der Waals surface area contributed by atoms with Gasteiger partial charge in [-0.15, -0.1) is 0 Å². The molecule has 5 nitrogen and oxygen atoms in total. The largest absolute Gasteiger partial charge is 0.354 e. The van der Waals surface area contributed by atoms with Gasteiger partial charge < -0.3 is 15.3 Å². The first-order valence-corrected chi connectivity index (χ1v) is 11.0. The number of aromatic amines is 2. The van der Waals surface area contributed by atoms with E-state index < -0.39 is 0 Å². The van der Waals surface area contributed by atoms with Crippen LogP contribution in [0.1, 0.15) is 22.8 Å². The Morgan fingerprint density at radius 1 is 0.971 bits per heavy atom. The molecule has 0 atom stereocenters. The number of H-pyrrole nitrogens is 2. The lowest BCUT2D eigenvalue weighted by atomic mass is 9.98. The van der Waals surface area contributed by atoms with Crippen LogP contribution in [-0.2, 0) is 6.42 Å². The predicted octanol–water partition coefficient (Wildman–Crippen LogP) is 6.14. The van der Waals surface area contributed by atoms with Crippen molar-refractivity contribution in [3.8, 4) is 22.4 Å². The molecular formula is C28H22FN3O2. The third-order valence-electron chi connectivity index (χ3n) is 5.91. The summed E-state index contributed by atoms with van der Waals surface area (Å²) in [6, 6.07) is 23.0. The molecule has 0 unspecified atom stereocenters. The number of carbonyl (C=O) groups excluding carboxylic acids is 1. The Kier molecular flexibility index (Phi) is 5.55. The number of amides is 1. The molecule has 0 fully saturated rings. The van der Waals surface area contributed by atoms with Crippen LogP contribution in [0.25, 0.3) is 33.3 Å². The van der Waals surface area contributed by atoms with Crippen molar-refractivity contribution in [3.05, 3.63) is 112 Å². The first-order valence-electron chi connectivity index (χ1n) is 11.0. The number of aryl methyl sites for hydroxylation is 1. The molecule has 2 aromatic heterocycles. The van der Waals surface area contributed by atoms with Crippen molar-refractivity contribution in [2.45, 2.75) is 13.3 Å². The topological polar surface area (TPSA) is 77.8 Å². The molecule has 5 rings (SSSR count). The van der Waals surface area contributed by atoms with Crippen molar-refractivity contribution >= 4 is 22.5 Å². The summed E-state index contributed by atoms with van der Waals surface area (Å²) >= 11 is 0. The number of rotatable bonds is 5. The van der Waals surface area contributed by atoms with Crippen LogP contribution >= 0.6 is 0 Å². The van der Waals surface area contributed by atoms with Gasteiger partial charge in [0.25, 0.3) is 11.5 Å². The van der Waals surface area contributed by atoms with Crippen LogP contribution in [0.5, 0.6) is 0 Å². The van der Waals surface area contributed by atoms with Gasteiger partial charge in [-0.3, -0.25) is 9.59 Å². The van der Waals surface area contributed by atoms with Gasteiger partial charge in [0.1, 0.15) is 5.82 Å². The van der Waals surface area contributed by atoms with Crippen LogP contribution < -0.4 is 10.9 Å². The molecule has 3 aromatic carbocycles. The summed E-state index contributed by atoms with van der Waals surface area (Å²) in [5.41, 5.74) is 5.36. The fourth-order valence-corrected chi connectivity index (χ4v) is 4.23. The quantitative estimate of drug-likeness (QED) is 0.300. The second-order valence-electron chi connectivity index (χ2n) is 8.02. The maximum atomic E-state index is 13.6. The van der Waals surface area contributed by atoms with Gasteiger partial charge in [-0.05, 0) is 66.1 Å². The third-order valence-corrected chi connectivity index (χ3v) is 5.91. The standard InChI is InChI=1S/C28H22FN3O2/c1-2-17-15-20(29)11-13-23(17)32-27(33)19-10-12-24-22(16-19)25(18-7-4-3-5-8-18)26(31-24)21-9-6-14-30-28(21)34/h3-16,31H,2H2,1H3,(H,30,34)(H,32,33). The zero-order chi connectivity index (χ0) is 23.7. The Labute approximate surface area is 195 Å². The van der Waals surface area contributed by atoms with E-state index in [0.717, 1.165) is 27.6 Å². The molecule has 0 radical (unpaired) electrons. The molecule has 0 spiro atoms. The molecule has 34 heavy (non-hydrogen) atoms. The van der Waals surface area contributed by atoms with Crippen molar-refractivity contribution in [2.75, 3.05) is 5.32 Å². The Morgan fingerprint density at radius 3 is 2.56 bits per heavy atom. The van der Waals surface area contributed by atoms with E-state index in [1.807, 2.05) is 49.4 Å². The number of nitrogens with one attached hydrogen (secondary N) is 3. The minimum Gasteiger partial charge on any atom is -0.354 e. The minimum atomic E-state index is -0.334. The van der Waals surface area contributed by atoms with E-state index in [4.69, 9.17) is 0 Å². The van der Waals surface area contributed by atoms with Crippen LogP contribution in [0.4, 0.5) is 10.1 Å². The van der Waals surface area contributed by atoms with Crippen LogP contribution in [0, 0.1) is 5.82 Å². The van der Waals surface area contributed by atoms with Gasteiger partial charge in [-0.2, -0.15) is 0 Å². The van der Waals surface area contributed by atoms with Crippen LogP contribution in [0.2, 0.25) is 0 Å². The molecule has 0 aliphatic rings. The lowest BCUT2D eigenvalue weighted by molar-refractivity contribution is 0.102. The van der Waals surface area contributed by atoms with E-state index in [-0.39, 0.29) is 17.3 Å². The second kappa shape index (κ2) is 8.83. The van der Waals surface area contributed by atoms with Crippen molar-refractivity contribution < 1.29 is 9.18 Å². The number of hydrogen-bond donors (Lipinski definition) is 3. The van der Waals surface area contributed by atoms with Gasteiger partial charge in [-0.25, -0.2) is 4.39 Å². The number of pyridine rings is 1. The lowest BCUT2D eigenvalue weighted by Gasteiger charge is -2.10. The van der Waals surface area contributed by atoms with E-state index in [0.29, 0.717) is 28.9 Å². The Bertz CT molecular complexity index is 1570. The zero-order valence-electron chi connectivity index (χ0n) is 18.5. The number of hydrogen-bond acceptors (Lipinski definition) is 2. The van der Waals surface area contributed by atoms with E-state index >= 15 is 0 Å². The maximum Gasteiger partial charge on any atom is 0.257 e. The van der Waals surface area contributed by atoms with Gasteiger partial charge >= 0.3 is 0 Å². The van der Waals surface area contributed by atoms with E-state index in [9.17, 15) is 14.0 Å². The highest BCUT2D eigenvalue weighted by atomic mass is 19.1. The highest BCUT2D eigenvalue weighted by molar-refractivity contribution is 6.10. The molecular weight excluding hydrogens is 429 g/mol. The zero-order valence-corrected chi connectivity index (χ0v) is 18.5. The monoisotopic (exact) mass is 451 g/mol. The second-order valence-corrected chi connectivity index (χ2v) is 8.02. The Hall–Kier alpha value is -4.45. The molecule has 0 bridgehead atoms. The average molecular weight is 452 g/mol. The summed E-state index contributed by atoms with van der Waals surface area (Å²) in [6.07, 6.45) is 2.19. The first kappa shape index (κ1) is 21.4. The van der Waals surface area contributed by atoms with Crippen LogP contribution in [0.15, 0.2) is 89.9 Å². The number of benzene rings is 3. The van der Waals surface area contributed by atoms with Gasteiger partial charge in [0.2, 0.25) is 0 Å². The molecule has 0 aliphatic heterocycles. The molecule has 1 amide bonds. The number of halogens is 1. The molecule has 0 aliphatic carbocycles. The van der Waals surface area contributed by atoms with Gasteiger partial charge in [0, 0.05) is 33.9 Å².